The molecule has 1 fully saturated rings. The molecule has 0 atom stereocenters. The molecule has 1 saturated heterocycles. The van der Waals surface area contributed by atoms with E-state index in [0.717, 1.165) is 47.7 Å². The number of hydrogen-bond donors (Lipinski definition) is 1. The minimum atomic E-state index is 0.769. The van der Waals surface area contributed by atoms with Crippen molar-refractivity contribution in [3.05, 3.63) is 46.4 Å². The van der Waals surface area contributed by atoms with Crippen LogP contribution in [0.3, 0.4) is 0 Å². The van der Waals surface area contributed by atoms with Crippen LogP contribution in [0, 0.1) is 0 Å². The largest absolute Gasteiger partial charge is 0.378 e. The first-order chi connectivity index (χ1) is 11.2. The summed E-state index contributed by atoms with van der Waals surface area (Å²) in [6, 6.07) is 12.8. The Kier molecular flexibility index (Phi) is 4.09. The van der Waals surface area contributed by atoms with E-state index in [0.29, 0.717) is 0 Å². The predicted molar refractivity (Wildman–Crippen MR) is 102 cm³/mol. The molecule has 2 aromatic carbocycles. The van der Waals surface area contributed by atoms with Crippen molar-refractivity contribution in [2.24, 2.45) is 0 Å². The van der Waals surface area contributed by atoms with Gasteiger partial charge in [-0.3, -0.25) is 0 Å². The summed E-state index contributed by atoms with van der Waals surface area (Å²) in [6.45, 7) is 3.33. The summed E-state index contributed by atoms with van der Waals surface area (Å²) >= 11 is 9.23. The van der Waals surface area contributed by atoms with Crippen molar-refractivity contribution in [1.29, 1.82) is 0 Å². The van der Waals surface area contributed by atoms with E-state index in [1.807, 2.05) is 0 Å². The fraction of sp³-hybridized carbons (Fsp3) is 0.278. The molecule has 3 aromatic rings. The minimum absolute atomic E-state index is 0.769. The van der Waals surface area contributed by atoms with Crippen LogP contribution in [-0.4, -0.2) is 41.2 Å². The Bertz CT molecular complexity index is 883. The van der Waals surface area contributed by atoms with Gasteiger partial charge < -0.3 is 14.6 Å². The number of benzene rings is 2. The number of aromatic nitrogens is 1. The van der Waals surface area contributed by atoms with Gasteiger partial charge in [-0.2, -0.15) is 0 Å². The molecule has 0 amide bonds. The molecule has 3 nitrogen and oxygen atoms in total. The highest BCUT2D eigenvalue weighted by molar-refractivity contribution is 9.10. The van der Waals surface area contributed by atoms with E-state index < -0.39 is 0 Å². The van der Waals surface area contributed by atoms with Gasteiger partial charge in [-0.05, 0) is 23.8 Å². The van der Waals surface area contributed by atoms with Crippen LogP contribution in [0.25, 0.3) is 21.8 Å². The van der Waals surface area contributed by atoms with Crippen molar-refractivity contribution in [3.8, 4) is 0 Å². The lowest BCUT2D eigenvalue weighted by molar-refractivity contribution is 0.0685. The standard InChI is InChI=1S/C18H17BrN2OS/c19-13-4-5-16-15(11-13)14-3-1-2-12(18(14)20-16)10-17(23)21-6-8-22-9-7-21/h1-5,11,20H,6-10H2. The average Bonchev–Trinajstić information content (AvgIpc) is 2.95. The van der Waals surface area contributed by atoms with Gasteiger partial charge in [-0.15, -0.1) is 0 Å². The highest BCUT2D eigenvalue weighted by Gasteiger charge is 2.16. The molecule has 4 rings (SSSR count). The summed E-state index contributed by atoms with van der Waals surface area (Å²) in [5, 5.41) is 2.50. The van der Waals surface area contributed by atoms with E-state index in [1.165, 1.54) is 21.9 Å². The molecule has 0 aliphatic carbocycles. The number of aromatic amines is 1. The SMILES string of the molecule is S=C(Cc1cccc2c1[nH]c1ccc(Br)cc12)N1CCOCC1. The molecule has 0 saturated carbocycles. The van der Waals surface area contributed by atoms with Crippen LogP contribution in [0.15, 0.2) is 40.9 Å². The Labute approximate surface area is 148 Å². The summed E-state index contributed by atoms with van der Waals surface area (Å²) in [6.07, 6.45) is 0.792. The molecule has 118 valence electrons. The van der Waals surface area contributed by atoms with Gasteiger partial charge in [0.15, 0.2) is 0 Å². The highest BCUT2D eigenvalue weighted by atomic mass is 79.9. The van der Waals surface area contributed by atoms with Gasteiger partial charge in [0.05, 0.1) is 23.7 Å². The quantitative estimate of drug-likeness (QED) is 0.663. The maximum atomic E-state index is 5.67. The molecule has 1 aliphatic rings. The van der Waals surface area contributed by atoms with E-state index in [-0.39, 0.29) is 0 Å². The zero-order valence-electron chi connectivity index (χ0n) is 12.6. The van der Waals surface area contributed by atoms with Gasteiger partial charge in [0.2, 0.25) is 0 Å². The van der Waals surface area contributed by atoms with Crippen LogP contribution in [0.5, 0.6) is 0 Å². The summed E-state index contributed by atoms with van der Waals surface area (Å²) in [5.74, 6) is 0. The maximum absolute atomic E-state index is 5.67. The first kappa shape index (κ1) is 15.1. The van der Waals surface area contributed by atoms with Crippen LogP contribution in [0.4, 0.5) is 0 Å². The highest BCUT2D eigenvalue weighted by Crippen LogP contribution is 2.30. The van der Waals surface area contributed by atoms with Crippen molar-refractivity contribution in [3.63, 3.8) is 0 Å². The number of para-hydroxylation sites is 1. The number of ether oxygens (including phenoxy) is 1. The van der Waals surface area contributed by atoms with Crippen molar-refractivity contribution >= 4 is 54.9 Å². The fourth-order valence-corrected chi connectivity index (χ4v) is 3.89. The lowest BCUT2D eigenvalue weighted by atomic mass is 10.1. The molecule has 1 N–H and O–H groups in total. The number of rotatable bonds is 2. The first-order valence-electron chi connectivity index (χ1n) is 7.77. The Morgan fingerprint density at radius 1 is 1.17 bits per heavy atom. The lowest BCUT2D eigenvalue weighted by Gasteiger charge is -2.29. The minimum Gasteiger partial charge on any atom is -0.378 e. The van der Waals surface area contributed by atoms with Crippen molar-refractivity contribution < 1.29 is 4.74 Å². The number of hydrogen-bond acceptors (Lipinski definition) is 2. The van der Waals surface area contributed by atoms with Gasteiger partial charge in [-0.25, -0.2) is 0 Å². The molecule has 2 heterocycles. The molecule has 1 aliphatic heterocycles. The van der Waals surface area contributed by atoms with E-state index in [9.17, 15) is 0 Å². The van der Waals surface area contributed by atoms with Crippen molar-refractivity contribution in [2.45, 2.75) is 6.42 Å². The van der Waals surface area contributed by atoms with E-state index in [4.69, 9.17) is 17.0 Å². The zero-order chi connectivity index (χ0) is 15.8. The van der Waals surface area contributed by atoms with E-state index in [1.54, 1.807) is 0 Å². The zero-order valence-corrected chi connectivity index (χ0v) is 15.0. The van der Waals surface area contributed by atoms with Gasteiger partial charge in [0.25, 0.3) is 0 Å². The second kappa shape index (κ2) is 6.23. The fourth-order valence-electron chi connectivity index (χ4n) is 3.19. The average molecular weight is 389 g/mol. The molecule has 0 spiro atoms. The smallest absolute Gasteiger partial charge is 0.0826 e. The molecular formula is C18H17BrN2OS. The summed E-state index contributed by atoms with van der Waals surface area (Å²) < 4.78 is 6.51. The van der Waals surface area contributed by atoms with Gasteiger partial charge in [0, 0.05) is 40.3 Å². The first-order valence-corrected chi connectivity index (χ1v) is 8.97. The third-order valence-corrected chi connectivity index (χ3v) is 5.28. The topological polar surface area (TPSA) is 28.3 Å². The third kappa shape index (κ3) is 2.89. The number of thiocarbonyl (C=S) groups is 1. The molecule has 0 unspecified atom stereocenters. The second-order valence-electron chi connectivity index (χ2n) is 5.82. The molecule has 0 bridgehead atoms. The van der Waals surface area contributed by atoms with Gasteiger partial charge in [-0.1, -0.05) is 46.3 Å². The predicted octanol–water partition coefficient (Wildman–Crippen LogP) is 4.29. The van der Waals surface area contributed by atoms with Gasteiger partial charge in [0.1, 0.15) is 0 Å². The second-order valence-corrected chi connectivity index (χ2v) is 7.21. The number of nitrogens with one attached hydrogen (secondary N) is 1. The Morgan fingerprint density at radius 3 is 2.83 bits per heavy atom. The molecule has 0 radical (unpaired) electrons. The lowest BCUT2D eigenvalue weighted by Crippen LogP contribution is -2.40. The van der Waals surface area contributed by atoms with Crippen molar-refractivity contribution in [1.82, 2.24) is 9.88 Å². The summed E-state index contributed by atoms with van der Waals surface area (Å²) in [7, 11) is 0. The number of fused-ring (bicyclic) bond motifs is 3. The number of H-pyrrole nitrogens is 1. The third-order valence-electron chi connectivity index (χ3n) is 4.39. The maximum Gasteiger partial charge on any atom is 0.0826 e. The van der Waals surface area contributed by atoms with Crippen LogP contribution >= 0.6 is 28.1 Å². The molecular weight excluding hydrogens is 372 g/mol. The van der Waals surface area contributed by atoms with Crippen molar-refractivity contribution in [2.75, 3.05) is 26.3 Å². The molecule has 23 heavy (non-hydrogen) atoms. The van der Waals surface area contributed by atoms with Crippen LogP contribution in [0.2, 0.25) is 0 Å². The van der Waals surface area contributed by atoms with Crippen LogP contribution in [-0.2, 0) is 11.2 Å². The molecule has 1 aromatic heterocycles. The summed E-state index contributed by atoms with van der Waals surface area (Å²) in [5.41, 5.74) is 3.61. The Morgan fingerprint density at radius 2 is 2.00 bits per heavy atom. The van der Waals surface area contributed by atoms with Gasteiger partial charge >= 0.3 is 0 Å². The van der Waals surface area contributed by atoms with E-state index in [2.05, 4.69) is 62.2 Å². The monoisotopic (exact) mass is 388 g/mol. The normalized spacial score (nSPS) is 15.4. The molecule has 5 heteroatoms. The number of nitrogens with zero attached hydrogens (tertiary/aromatic N) is 1. The van der Waals surface area contributed by atoms with Crippen LogP contribution < -0.4 is 0 Å². The Balaban J connectivity index is 1.72. The van der Waals surface area contributed by atoms with Crippen LogP contribution in [0.1, 0.15) is 5.56 Å². The summed E-state index contributed by atoms with van der Waals surface area (Å²) in [4.78, 5) is 6.82. The van der Waals surface area contributed by atoms with E-state index >= 15 is 0 Å². The number of morpholine rings is 1. The number of halogens is 1. The Hall–Kier alpha value is -1.43.